The Balaban J connectivity index is 2.11. The van der Waals surface area contributed by atoms with Crippen LogP contribution in [-0.4, -0.2) is 41.1 Å². The molecule has 1 N–H and O–H groups in total. The number of nitrogens with zero attached hydrogens (tertiary/aromatic N) is 5. The van der Waals surface area contributed by atoms with Crippen LogP contribution < -0.4 is 15.0 Å². The molecule has 0 radical (unpaired) electrons. The summed E-state index contributed by atoms with van der Waals surface area (Å²) in [6.45, 7) is 0. The molecule has 0 bridgehead atoms. The normalized spacial score (nSPS) is 12.2. The minimum absolute atomic E-state index is 0.540. The Morgan fingerprint density at radius 1 is 1.16 bits per heavy atom. The van der Waals surface area contributed by atoms with Gasteiger partial charge in [0.15, 0.2) is 11.6 Å². The second-order valence-electron chi connectivity index (χ2n) is 4.06. The van der Waals surface area contributed by atoms with Crippen LogP contribution in [0.2, 0.25) is 0 Å². The van der Waals surface area contributed by atoms with Gasteiger partial charge in [-0.2, -0.15) is 0 Å². The summed E-state index contributed by atoms with van der Waals surface area (Å²) in [6.07, 6.45) is 3.01. The standard InChI is InChI=1S/C11H12N6OS/c1-17(2)9-6-11(15-5-13-9)19-7-8(16-6)12-4-14-10(7)18-3/h4-5H,1-3H3,(H,12,14,16). The van der Waals surface area contributed by atoms with Crippen LogP contribution in [-0.2, 0) is 0 Å². The smallest absolute Gasteiger partial charge is 0.232 e. The number of fused-ring (bicyclic) bond motifs is 2. The van der Waals surface area contributed by atoms with Crippen molar-refractivity contribution in [2.45, 2.75) is 9.92 Å². The number of methoxy groups -OCH3 is 1. The van der Waals surface area contributed by atoms with E-state index in [1.165, 1.54) is 18.1 Å². The van der Waals surface area contributed by atoms with Crippen LogP contribution in [0, 0.1) is 0 Å². The first-order valence-electron chi connectivity index (χ1n) is 5.57. The number of aromatic nitrogens is 4. The summed E-state index contributed by atoms with van der Waals surface area (Å²) in [5.41, 5.74) is 0.853. The minimum atomic E-state index is 0.540. The van der Waals surface area contributed by atoms with Gasteiger partial charge in [0.1, 0.15) is 28.3 Å². The van der Waals surface area contributed by atoms with E-state index in [1.54, 1.807) is 13.4 Å². The first kappa shape index (κ1) is 12.0. The van der Waals surface area contributed by atoms with E-state index in [0.29, 0.717) is 11.7 Å². The average Bonchev–Trinajstić information content (AvgIpc) is 2.43. The van der Waals surface area contributed by atoms with E-state index in [0.717, 1.165) is 21.4 Å². The molecule has 0 saturated carbocycles. The van der Waals surface area contributed by atoms with Crippen molar-refractivity contribution in [1.29, 1.82) is 0 Å². The van der Waals surface area contributed by atoms with Crippen LogP contribution in [0.4, 0.5) is 17.3 Å². The van der Waals surface area contributed by atoms with Gasteiger partial charge in [-0.3, -0.25) is 0 Å². The Hall–Kier alpha value is -2.09. The van der Waals surface area contributed by atoms with Gasteiger partial charge in [-0.05, 0) is 0 Å². The largest absolute Gasteiger partial charge is 0.480 e. The summed E-state index contributed by atoms with van der Waals surface area (Å²) in [4.78, 5) is 19.6. The first-order valence-corrected chi connectivity index (χ1v) is 6.38. The van der Waals surface area contributed by atoms with Crippen molar-refractivity contribution in [3.8, 4) is 5.88 Å². The van der Waals surface area contributed by atoms with Crippen molar-refractivity contribution in [3.63, 3.8) is 0 Å². The number of rotatable bonds is 2. The average molecular weight is 276 g/mol. The number of hydrogen-bond donors (Lipinski definition) is 1. The van der Waals surface area contributed by atoms with Crippen LogP contribution in [0.5, 0.6) is 5.88 Å². The Morgan fingerprint density at radius 2 is 1.95 bits per heavy atom. The Labute approximate surface area is 114 Å². The topological polar surface area (TPSA) is 76.1 Å². The molecule has 2 aromatic rings. The lowest BCUT2D eigenvalue weighted by atomic mass is 10.4. The molecular weight excluding hydrogens is 264 g/mol. The van der Waals surface area contributed by atoms with Gasteiger partial charge < -0.3 is 15.0 Å². The molecule has 0 aromatic carbocycles. The lowest BCUT2D eigenvalue weighted by molar-refractivity contribution is 0.386. The van der Waals surface area contributed by atoms with Crippen molar-refractivity contribution in [1.82, 2.24) is 19.9 Å². The van der Waals surface area contributed by atoms with Crippen LogP contribution in [0.25, 0.3) is 0 Å². The maximum absolute atomic E-state index is 5.24. The molecule has 2 aromatic heterocycles. The summed E-state index contributed by atoms with van der Waals surface area (Å²) in [5.74, 6) is 2.07. The number of hydrogen-bond acceptors (Lipinski definition) is 8. The summed E-state index contributed by atoms with van der Waals surface area (Å²) < 4.78 is 5.24. The maximum Gasteiger partial charge on any atom is 0.232 e. The van der Waals surface area contributed by atoms with E-state index in [4.69, 9.17) is 4.74 Å². The van der Waals surface area contributed by atoms with Crippen molar-refractivity contribution in [3.05, 3.63) is 12.7 Å². The van der Waals surface area contributed by atoms with Gasteiger partial charge in [0.25, 0.3) is 0 Å². The lowest BCUT2D eigenvalue weighted by Gasteiger charge is -2.23. The highest BCUT2D eigenvalue weighted by atomic mass is 32.2. The molecule has 0 fully saturated rings. The molecule has 1 aliphatic heterocycles. The molecule has 19 heavy (non-hydrogen) atoms. The molecule has 98 valence electrons. The quantitative estimate of drug-likeness (QED) is 0.706. The fourth-order valence-electron chi connectivity index (χ4n) is 1.79. The van der Waals surface area contributed by atoms with E-state index in [9.17, 15) is 0 Å². The van der Waals surface area contributed by atoms with Crippen LogP contribution >= 0.6 is 11.8 Å². The lowest BCUT2D eigenvalue weighted by Crippen LogP contribution is -2.16. The van der Waals surface area contributed by atoms with E-state index in [1.807, 2.05) is 19.0 Å². The zero-order valence-electron chi connectivity index (χ0n) is 10.7. The number of ether oxygens (including phenoxy) is 1. The molecule has 0 aliphatic carbocycles. The molecule has 1 aliphatic rings. The molecule has 3 rings (SSSR count). The summed E-state index contributed by atoms with van der Waals surface area (Å²) in [7, 11) is 5.46. The molecular formula is C11H12N6OS. The van der Waals surface area contributed by atoms with Gasteiger partial charge in [-0.25, -0.2) is 19.9 Å². The van der Waals surface area contributed by atoms with Gasteiger partial charge in [-0.15, -0.1) is 0 Å². The molecule has 7 nitrogen and oxygen atoms in total. The third kappa shape index (κ3) is 1.93. The summed E-state index contributed by atoms with van der Waals surface area (Å²) >= 11 is 1.47. The van der Waals surface area contributed by atoms with Gasteiger partial charge in [0.05, 0.1) is 7.11 Å². The molecule has 0 saturated heterocycles. The summed E-state index contributed by atoms with van der Waals surface area (Å²) in [6, 6.07) is 0. The highest BCUT2D eigenvalue weighted by Gasteiger charge is 2.25. The van der Waals surface area contributed by atoms with Gasteiger partial charge in [-0.1, -0.05) is 11.8 Å². The van der Waals surface area contributed by atoms with Crippen molar-refractivity contribution < 1.29 is 4.74 Å². The maximum atomic E-state index is 5.24. The Kier molecular flexibility index (Phi) is 2.86. The van der Waals surface area contributed by atoms with E-state index in [2.05, 4.69) is 25.3 Å². The molecule has 0 atom stereocenters. The van der Waals surface area contributed by atoms with Gasteiger partial charge >= 0.3 is 0 Å². The molecule has 8 heteroatoms. The molecule has 3 heterocycles. The summed E-state index contributed by atoms with van der Waals surface area (Å²) in [5, 5.41) is 4.08. The van der Waals surface area contributed by atoms with Crippen LogP contribution in [0.3, 0.4) is 0 Å². The van der Waals surface area contributed by atoms with Crippen molar-refractivity contribution >= 4 is 29.1 Å². The van der Waals surface area contributed by atoms with Crippen molar-refractivity contribution in [2.75, 3.05) is 31.4 Å². The third-order valence-corrected chi connectivity index (χ3v) is 3.70. The first-order chi connectivity index (χ1) is 9.20. The second-order valence-corrected chi connectivity index (χ2v) is 5.06. The molecule has 0 spiro atoms. The van der Waals surface area contributed by atoms with Crippen molar-refractivity contribution in [2.24, 2.45) is 0 Å². The van der Waals surface area contributed by atoms with Crippen LogP contribution in [0.15, 0.2) is 22.6 Å². The highest BCUT2D eigenvalue weighted by molar-refractivity contribution is 7.99. The number of nitrogens with one attached hydrogen (secondary N) is 1. The van der Waals surface area contributed by atoms with Gasteiger partial charge in [0, 0.05) is 14.1 Å². The minimum Gasteiger partial charge on any atom is -0.480 e. The third-order valence-electron chi connectivity index (χ3n) is 2.62. The Morgan fingerprint density at radius 3 is 2.68 bits per heavy atom. The highest BCUT2D eigenvalue weighted by Crippen LogP contribution is 2.47. The molecule has 0 amide bonds. The molecule has 0 unspecified atom stereocenters. The van der Waals surface area contributed by atoms with E-state index in [-0.39, 0.29) is 0 Å². The fourth-order valence-corrected chi connectivity index (χ4v) is 2.75. The van der Waals surface area contributed by atoms with Crippen LogP contribution in [0.1, 0.15) is 0 Å². The zero-order chi connectivity index (χ0) is 13.4. The Bertz CT molecular complexity index is 633. The predicted molar refractivity (Wildman–Crippen MR) is 72.3 cm³/mol. The van der Waals surface area contributed by atoms with E-state index >= 15 is 0 Å². The zero-order valence-corrected chi connectivity index (χ0v) is 11.5. The number of anilines is 3. The predicted octanol–water partition coefficient (Wildman–Crippen LogP) is 1.55. The second kappa shape index (κ2) is 4.54. The monoisotopic (exact) mass is 276 g/mol. The fraction of sp³-hybridized carbons (Fsp3) is 0.273. The van der Waals surface area contributed by atoms with Gasteiger partial charge in [0.2, 0.25) is 5.88 Å². The SMILES string of the molecule is COc1ncnc2c1Sc1ncnc(N(C)C)c1N2. The van der Waals surface area contributed by atoms with E-state index < -0.39 is 0 Å².